The molecule has 0 saturated carbocycles. The molecule has 0 atom stereocenters. The Morgan fingerprint density at radius 3 is 2.89 bits per heavy atom. The Morgan fingerprint density at radius 2 is 2.32 bits per heavy atom. The molecule has 0 aliphatic rings. The Kier molecular flexibility index (Phi) is 4.20. The molecule has 0 aliphatic heterocycles. The number of rotatable bonds is 5. The highest BCUT2D eigenvalue weighted by Gasteiger charge is 2.16. The van der Waals surface area contributed by atoms with E-state index in [2.05, 4.69) is 25.6 Å². The van der Waals surface area contributed by atoms with E-state index < -0.39 is 0 Å². The van der Waals surface area contributed by atoms with Gasteiger partial charge >= 0.3 is 0 Å². The van der Waals surface area contributed by atoms with Crippen molar-refractivity contribution in [1.82, 2.24) is 30.3 Å². The number of nitrogens with zero attached hydrogens (tertiary/aromatic N) is 4. The summed E-state index contributed by atoms with van der Waals surface area (Å²) in [7, 11) is 1.83. The van der Waals surface area contributed by atoms with Crippen molar-refractivity contribution < 1.29 is 4.79 Å². The van der Waals surface area contributed by atoms with Gasteiger partial charge in [-0.2, -0.15) is 10.2 Å². The molecule has 0 aliphatic carbocycles. The number of hydrogen-bond acceptors (Lipinski definition) is 5. The lowest BCUT2D eigenvalue weighted by Crippen LogP contribution is -2.26. The van der Waals surface area contributed by atoms with Gasteiger partial charge in [0, 0.05) is 25.0 Å². The van der Waals surface area contributed by atoms with Crippen molar-refractivity contribution in [1.29, 1.82) is 0 Å². The van der Waals surface area contributed by atoms with E-state index in [9.17, 15) is 4.79 Å². The lowest BCUT2D eigenvalue weighted by molar-refractivity contribution is 0.0955. The molecule has 0 unspecified atom stereocenters. The van der Waals surface area contributed by atoms with Gasteiger partial charge in [-0.15, -0.1) is 0 Å². The summed E-state index contributed by atoms with van der Waals surface area (Å²) < 4.78 is 1.72. The van der Waals surface area contributed by atoms with Crippen molar-refractivity contribution in [2.45, 2.75) is 19.0 Å². The Balaban J connectivity index is 1.84. The zero-order valence-corrected chi connectivity index (χ0v) is 11.9. The van der Waals surface area contributed by atoms with Gasteiger partial charge in [0.15, 0.2) is 5.16 Å². The van der Waals surface area contributed by atoms with E-state index in [1.165, 1.54) is 18.1 Å². The quantitative estimate of drug-likeness (QED) is 0.621. The van der Waals surface area contributed by atoms with Gasteiger partial charge in [0.1, 0.15) is 6.33 Å². The average molecular weight is 280 g/mol. The third-order valence-corrected chi connectivity index (χ3v) is 3.63. The molecule has 0 aromatic carbocycles. The highest BCUT2D eigenvalue weighted by atomic mass is 32.2. The van der Waals surface area contributed by atoms with Crippen LogP contribution in [0.4, 0.5) is 0 Å². The zero-order valence-electron chi connectivity index (χ0n) is 11.1. The SMILES string of the molecule is Cc1nn(C)c(C)c1C(=O)NCCSc1ncn[nH]1. The Bertz CT molecular complexity index is 562. The third kappa shape index (κ3) is 3.14. The highest BCUT2D eigenvalue weighted by molar-refractivity contribution is 7.99. The molecule has 8 heteroatoms. The third-order valence-electron chi connectivity index (χ3n) is 2.76. The van der Waals surface area contributed by atoms with E-state index in [1.807, 2.05) is 20.9 Å². The normalized spacial score (nSPS) is 10.7. The smallest absolute Gasteiger partial charge is 0.255 e. The highest BCUT2D eigenvalue weighted by Crippen LogP contribution is 2.12. The fourth-order valence-corrected chi connectivity index (χ4v) is 2.40. The van der Waals surface area contributed by atoms with E-state index in [0.29, 0.717) is 12.1 Å². The molecular weight excluding hydrogens is 264 g/mol. The van der Waals surface area contributed by atoms with E-state index in [4.69, 9.17) is 0 Å². The number of aromatic amines is 1. The summed E-state index contributed by atoms with van der Waals surface area (Å²) in [6.45, 7) is 4.29. The zero-order chi connectivity index (χ0) is 13.8. The fourth-order valence-electron chi connectivity index (χ4n) is 1.77. The van der Waals surface area contributed by atoms with Crippen LogP contribution in [0.3, 0.4) is 0 Å². The monoisotopic (exact) mass is 280 g/mol. The minimum Gasteiger partial charge on any atom is -0.351 e. The second-order valence-electron chi connectivity index (χ2n) is 4.06. The molecule has 0 saturated heterocycles. The molecule has 0 bridgehead atoms. The minimum absolute atomic E-state index is 0.0822. The summed E-state index contributed by atoms with van der Waals surface area (Å²) in [6, 6.07) is 0. The van der Waals surface area contributed by atoms with E-state index in [1.54, 1.807) is 4.68 Å². The molecule has 1 amide bonds. The standard InChI is InChI=1S/C11H16N6OS/c1-7-9(8(2)17(3)16-7)10(18)12-4-5-19-11-13-6-14-15-11/h6H,4-5H2,1-3H3,(H,12,18)(H,13,14,15). The summed E-state index contributed by atoms with van der Waals surface area (Å²) >= 11 is 1.51. The van der Waals surface area contributed by atoms with Gasteiger partial charge in [-0.05, 0) is 13.8 Å². The molecule has 2 N–H and O–H groups in total. The Morgan fingerprint density at radius 1 is 1.53 bits per heavy atom. The summed E-state index contributed by atoms with van der Waals surface area (Å²) in [5.41, 5.74) is 2.28. The van der Waals surface area contributed by atoms with Crippen LogP contribution in [0.2, 0.25) is 0 Å². The number of hydrogen-bond donors (Lipinski definition) is 2. The summed E-state index contributed by atoms with van der Waals surface area (Å²) in [6.07, 6.45) is 1.46. The largest absolute Gasteiger partial charge is 0.351 e. The van der Waals surface area contributed by atoms with Gasteiger partial charge in [0.25, 0.3) is 5.91 Å². The van der Waals surface area contributed by atoms with Gasteiger partial charge in [-0.3, -0.25) is 14.6 Å². The molecule has 102 valence electrons. The van der Waals surface area contributed by atoms with Gasteiger partial charge in [-0.1, -0.05) is 11.8 Å². The van der Waals surface area contributed by atoms with Gasteiger partial charge < -0.3 is 5.32 Å². The maximum atomic E-state index is 12.1. The number of aryl methyl sites for hydroxylation is 2. The van der Waals surface area contributed by atoms with Crippen LogP contribution < -0.4 is 5.32 Å². The van der Waals surface area contributed by atoms with Crippen LogP contribution in [0.15, 0.2) is 11.5 Å². The molecule has 2 aromatic rings. The predicted octanol–water partition coefficient (Wildman–Crippen LogP) is 0.677. The first-order valence-corrected chi connectivity index (χ1v) is 6.84. The second kappa shape index (κ2) is 5.87. The summed E-state index contributed by atoms with van der Waals surface area (Å²) in [5, 5.41) is 14.4. The first-order chi connectivity index (χ1) is 9.09. The lowest BCUT2D eigenvalue weighted by atomic mass is 10.2. The van der Waals surface area contributed by atoms with Crippen LogP contribution in [0, 0.1) is 13.8 Å². The molecule has 19 heavy (non-hydrogen) atoms. The lowest BCUT2D eigenvalue weighted by Gasteiger charge is -2.04. The van der Waals surface area contributed by atoms with Gasteiger partial charge in [0.05, 0.1) is 11.3 Å². The van der Waals surface area contributed by atoms with Crippen LogP contribution in [-0.2, 0) is 7.05 Å². The van der Waals surface area contributed by atoms with Gasteiger partial charge in [-0.25, -0.2) is 4.98 Å². The van der Waals surface area contributed by atoms with E-state index in [0.717, 1.165) is 22.3 Å². The molecule has 0 fully saturated rings. The number of H-pyrrole nitrogens is 1. The van der Waals surface area contributed by atoms with Crippen LogP contribution >= 0.6 is 11.8 Å². The number of carbonyl (C=O) groups is 1. The van der Waals surface area contributed by atoms with Gasteiger partial charge in [0.2, 0.25) is 0 Å². The Hall–Kier alpha value is -1.83. The van der Waals surface area contributed by atoms with Crippen LogP contribution in [0.25, 0.3) is 0 Å². The number of thioether (sulfide) groups is 1. The van der Waals surface area contributed by atoms with Crippen molar-refractivity contribution in [2.24, 2.45) is 7.05 Å². The first kappa shape index (κ1) is 13.6. The maximum absolute atomic E-state index is 12.1. The summed E-state index contributed by atoms with van der Waals surface area (Å²) in [5.74, 6) is 0.653. The van der Waals surface area contributed by atoms with Crippen LogP contribution in [0.1, 0.15) is 21.7 Å². The van der Waals surface area contributed by atoms with Crippen molar-refractivity contribution in [3.8, 4) is 0 Å². The van der Waals surface area contributed by atoms with Crippen molar-refractivity contribution >= 4 is 17.7 Å². The predicted molar refractivity (Wildman–Crippen MR) is 72.1 cm³/mol. The number of carbonyl (C=O) groups excluding carboxylic acids is 1. The van der Waals surface area contributed by atoms with Crippen LogP contribution in [-0.4, -0.2) is 43.2 Å². The molecular formula is C11H16N6OS. The molecule has 0 radical (unpaired) electrons. The van der Waals surface area contributed by atoms with Crippen molar-refractivity contribution in [3.05, 3.63) is 23.3 Å². The van der Waals surface area contributed by atoms with E-state index >= 15 is 0 Å². The fraction of sp³-hybridized carbons (Fsp3) is 0.455. The molecule has 2 heterocycles. The molecule has 0 spiro atoms. The first-order valence-electron chi connectivity index (χ1n) is 5.86. The maximum Gasteiger partial charge on any atom is 0.255 e. The van der Waals surface area contributed by atoms with Crippen molar-refractivity contribution in [3.63, 3.8) is 0 Å². The minimum atomic E-state index is -0.0822. The Labute approximate surface area is 115 Å². The number of aromatic nitrogens is 5. The number of amides is 1. The van der Waals surface area contributed by atoms with E-state index in [-0.39, 0.29) is 5.91 Å². The molecule has 2 rings (SSSR count). The van der Waals surface area contributed by atoms with Crippen molar-refractivity contribution in [2.75, 3.05) is 12.3 Å². The number of nitrogens with one attached hydrogen (secondary N) is 2. The molecule has 2 aromatic heterocycles. The summed E-state index contributed by atoms with van der Waals surface area (Å²) in [4.78, 5) is 16.0. The second-order valence-corrected chi connectivity index (χ2v) is 5.15. The topological polar surface area (TPSA) is 88.5 Å². The molecule has 7 nitrogen and oxygen atoms in total. The average Bonchev–Trinajstić information content (AvgIpc) is 2.95. The van der Waals surface area contributed by atoms with Crippen LogP contribution in [0.5, 0.6) is 0 Å².